The highest BCUT2D eigenvalue weighted by Gasteiger charge is 2.36. The zero-order valence-corrected chi connectivity index (χ0v) is 20.5. The van der Waals surface area contributed by atoms with Gasteiger partial charge in [-0.25, -0.2) is 27.2 Å². The quantitative estimate of drug-likeness (QED) is 0.370. The summed E-state index contributed by atoms with van der Waals surface area (Å²) in [4.78, 5) is 25.1. The number of sulfonamides is 1. The maximum absolute atomic E-state index is 13.2. The molecule has 13 heteroatoms. The fourth-order valence-corrected chi connectivity index (χ4v) is 4.81. The number of anilines is 2. The molecule has 0 bridgehead atoms. The third kappa shape index (κ3) is 6.73. The highest BCUT2D eigenvalue weighted by atomic mass is 32.2. The number of hydrogen-bond donors (Lipinski definition) is 2. The molecule has 0 spiro atoms. The van der Waals surface area contributed by atoms with E-state index in [0.717, 1.165) is 6.20 Å². The Balaban J connectivity index is 1.43. The van der Waals surface area contributed by atoms with Crippen molar-refractivity contribution < 1.29 is 31.1 Å². The van der Waals surface area contributed by atoms with Gasteiger partial charge in [0.1, 0.15) is 5.75 Å². The van der Waals surface area contributed by atoms with E-state index in [0.29, 0.717) is 41.8 Å². The number of ether oxygens (including phenoxy) is 1. The molecule has 3 aromatic rings. The van der Waals surface area contributed by atoms with Gasteiger partial charge in [0.05, 0.1) is 23.1 Å². The summed E-state index contributed by atoms with van der Waals surface area (Å²) < 4.78 is 69.3. The van der Waals surface area contributed by atoms with E-state index in [1.807, 2.05) is 6.92 Å². The summed E-state index contributed by atoms with van der Waals surface area (Å²) in [6.07, 6.45) is -0.440. The summed E-state index contributed by atoms with van der Waals surface area (Å²) in [5, 5.41) is 2.37. The fraction of sp³-hybridized carbons (Fsp3) is 0.333. The highest BCUT2D eigenvalue weighted by Crippen LogP contribution is 2.30. The van der Waals surface area contributed by atoms with Crippen molar-refractivity contribution in [1.29, 1.82) is 0 Å². The molecule has 2 atom stereocenters. The molecule has 1 aromatic carbocycles. The predicted molar refractivity (Wildman–Crippen MR) is 130 cm³/mol. The number of pyridine rings is 1. The molecule has 2 heterocycles. The van der Waals surface area contributed by atoms with Gasteiger partial charge in [0.15, 0.2) is 0 Å². The van der Waals surface area contributed by atoms with Gasteiger partial charge >= 0.3 is 6.43 Å². The van der Waals surface area contributed by atoms with Crippen LogP contribution in [0.1, 0.15) is 37.8 Å². The lowest BCUT2D eigenvalue weighted by Gasteiger charge is -2.16. The number of nitrogens with one attached hydrogen (secondary N) is 2. The molecule has 1 aliphatic rings. The van der Waals surface area contributed by atoms with Crippen LogP contribution in [0.2, 0.25) is 0 Å². The first-order valence-corrected chi connectivity index (χ1v) is 13.0. The zero-order chi connectivity index (χ0) is 26.6. The Morgan fingerprint density at radius 2 is 1.84 bits per heavy atom. The number of hydrogen-bond acceptors (Lipinski definition) is 7. The van der Waals surface area contributed by atoms with Crippen molar-refractivity contribution in [2.75, 3.05) is 10.0 Å². The second-order valence-corrected chi connectivity index (χ2v) is 10.4. The number of rotatable bonds is 11. The molecule has 37 heavy (non-hydrogen) atoms. The molecule has 1 amide bonds. The summed E-state index contributed by atoms with van der Waals surface area (Å²) >= 11 is 0. The lowest BCUT2D eigenvalue weighted by Crippen LogP contribution is -2.23. The van der Waals surface area contributed by atoms with Gasteiger partial charge in [-0.15, -0.1) is 0 Å². The zero-order valence-electron chi connectivity index (χ0n) is 19.6. The monoisotopic (exact) mass is 535 g/mol. The standard InChI is InChI=1S/C24H24F3N5O4S/c1-2-19(20-9-10-29-24(31-20)32-37(34,35)18-7-8-18)23(33)30-16-5-3-14(4-6-16)15-11-17(13-28-12-15)36-22(27)21(25)26/h3-6,9-13,18-19,21-22H,2,7-8H2,1H3,(H,30,33)(H,29,31,32). The lowest BCUT2D eigenvalue weighted by molar-refractivity contribution is -0.117. The van der Waals surface area contributed by atoms with Crippen molar-refractivity contribution >= 4 is 27.6 Å². The van der Waals surface area contributed by atoms with E-state index in [4.69, 9.17) is 0 Å². The maximum atomic E-state index is 13.2. The number of aromatic nitrogens is 3. The first kappa shape index (κ1) is 26.3. The van der Waals surface area contributed by atoms with Crippen molar-refractivity contribution in [3.8, 4) is 16.9 Å². The number of carbonyl (C=O) groups is 1. The van der Waals surface area contributed by atoms with Crippen molar-refractivity contribution in [3.63, 3.8) is 0 Å². The first-order valence-electron chi connectivity index (χ1n) is 11.5. The SMILES string of the molecule is CCC(C(=O)Nc1ccc(-c2cncc(OC(F)C(F)F)c2)cc1)c1ccnc(NS(=O)(=O)C2CC2)n1. The van der Waals surface area contributed by atoms with Crippen molar-refractivity contribution in [2.45, 2.75) is 50.1 Å². The Labute approximate surface area is 211 Å². The Morgan fingerprint density at radius 3 is 2.49 bits per heavy atom. The van der Waals surface area contributed by atoms with Crippen LogP contribution >= 0.6 is 0 Å². The molecule has 2 aromatic heterocycles. The van der Waals surface area contributed by atoms with Gasteiger partial charge in [-0.2, -0.15) is 4.39 Å². The van der Waals surface area contributed by atoms with Crippen molar-refractivity contribution in [2.24, 2.45) is 0 Å². The van der Waals surface area contributed by atoms with Crippen molar-refractivity contribution in [3.05, 3.63) is 60.7 Å². The molecule has 196 valence electrons. The van der Waals surface area contributed by atoms with Crippen LogP contribution in [0.25, 0.3) is 11.1 Å². The Morgan fingerprint density at radius 1 is 1.11 bits per heavy atom. The minimum absolute atomic E-state index is 0.0764. The number of amides is 1. The molecule has 4 rings (SSSR count). The molecule has 0 radical (unpaired) electrons. The van der Waals surface area contributed by atoms with Crippen LogP contribution in [0, 0.1) is 0 Å². The van der Waals surface area contributed by atoms with Gasteiger partial charge in [0.25, 0.3) is 6.36 Å². The van der Waals surface area contributed by atoms with E-state index in [-0.39, 0.29) is 17.6 Å². The third-order valence-corrected chi connectivity index (χ3v) is 7.42. The molecular weight excluding hydrogens is 511 g/mol. The van der Waals surface area contributed by atoms with Gasteiger partial charge in [-0.1, -0.05) is 19.1 Å². The number of halogens is 3. The van der Waals surface area contributed by atoms with Gasteiger partial charge in [0.2, 0.25) is 21.9 Å². The molecule has 1 fully saturated rings. The van der Waals surface area contributed by atoms with Crippen LogP contribution in [0.15, 0.2) is 55.0 Å². The molecule has 9 nitrogen and oxygen atoms in total. The number of alkyl halides is 3. The average molecular weight is 536 g/mol. The Kier molecular flexibility index (Phi) is 7.91. The first-order chi connectivity index (χ1) is 17.7. The normalized spacial score (nSPS) is 15.2. The van der Waals surface area contributed by atoms with Gasteiger partial charge < -0.3 is 10.1 Å². The van der Waals surface area contributed by atoms with Crippen LogP contribution < -0.4 is 14.8 Å². The minimum Gasteiger partial charge on any atom is -0.453 e. The van der Waals surface area contributed by atoms with E-state index in [1.54, 1.807) is 30.3 Å². The second-order valence-electron chi connectivity index (χ2n) is 8.39. The fourth-order valence-electron chi connectivity index (χ4n) is 3.53. The molecule has 2 unspecified atom stereocenters. The van der Waals surface area contributed by atoms with E-state index in [9.17, 15) is 26.4 Å². The highest BCUT2D eigenvalue weighted by molar-refractivity contribution is 7.93. The Bertz CT molecular complexity index is 1350. The van der Waals surface area contributed by atoms with E-state index in [1.165, 1.54) is 18.5 Å². The lowest BCUT2D eigenvalue weighted by atomic mass is 10.0. The van der Waals surface area contributed by atoms with Gasteiger partial charge in [-0.3, -0.25) is 14.5 Å². The molecule has 0 aliphatic heterocycles. The number of carbonyl (C=O) groups excluding carboxylic acids is 1. The summed E-state index contributed by atoms with van der Waals surface area (Å²) in [7, 11) is -3.54. The van der Waals surface area contributed by atoms with E-state index in [2.05, 4.69) is 29.7 Å². The molecule has 1 saturated carbocycles. The van der Waals surface area contributed by atoms with Crippen LogP contribution in [0.3, 0.4) is 0 Å². The molecule has 0 saturated heterocycles. The van der Waals surface area contributed by atoms with Gasteiger partial charge in [-0.05, 0) is 49.1 Å². The van der Waals surface area contributed by atoms with E-state index >= 15 is 0 Å². The average Bonchev–Trinajstić information content (AvgIpc) is 3.72. The number of nitrogens with zero attached hydrogens (tertiary/aromatic N) is 3. The minimum atomic E-state index is -3.54. The topological polar surface area (TPSA) is 123 Å². The molecular formula is C24H24F3N5O4S. The molecule has 1 aliphatic carbocycles. The summed E-state index contributed by atoms with van der Waals surface area (Å²) in [5.74, 6) is -1.22. The predicted octanol–water partition coefficient (Wildman–Crippen LogP) is 4.51. The van der Waals surface area contributed by atoms with Crippen LogP contribution in [-0.2, 0) is 14.8 Å². The second kappa shape index (κ2) is 11.1. The van der Waals surface area contributed by atoms with Crippen molar-refractivity contribution in [1.82, 2.24) is 15.0 Å². The van der Waals surface area contributed by atoms with Crippen LogP contribution in [0.4, 0.5) is 24.8 Å². The van der Waals surface area contributed by atoms with E-state index < -0.39 is 34.0 Å². The summed E-state index contributed by atoms with van der Waals surface area (Å²) in [6, 6.07) is 9.57. The Hall–Kier alpha value is -3.74. The smallest absolute Gasteiger partial charge is 0.304 e. The summed E-state index contributed by atoms with van der Waals surface area (Å²) in [5.41, 5.74) is 2.00. The molecule has 2 N–H and O–H groups in total. The van der Waals surface area contributed by atoms with Crippen LogP contribution in [0.5, 0.6) is 5.75 Å². The number of benzene rings is 1. The van der Waals surface area contributed by atoms with Crippen LogP contribution in [-0.4, -0.2) is 47.3 Å². The van der Waals surface area contributed by atoms with Gasteiger partial charge in [0, 0.05) is 23.6 Å². The summed E-state index contributed by atoms with van der Waals surface area (Å²) in [6.45, 7) is 1.81. The third-order valence-electron chi connectivity index (χ3n) is 5.60. The maximum Gasteiger partial charge on any atom is 0.304 e. The largest absolute Gasteiger partial charge is 0.453 e.